The minimum absolute atomic E-state index is 0.0516. The molecule has 1 spiro atoms. The van der Waals surface area contributed by atoms with Gasteiger partial charge in [0.05, 0.1) is 18.8 Å². The fourth-order valence-electron chi connectivity index (χ4n) is 3.51. The molecule has 6 nitrogen and oxygen atoms in total. The van der Waals surface area contributed by atoms with Crippen LogP contribution >= 0.6 is 0 Å². The van der Waals surface area contributed by atoms with Crippen LogP contribution in [-0.2, 0) is 11.3 Å². The van der Waals surface area contributed by atoms with Crippen molar-refractivity contribution in [1.29, 1.82) is 0 Å². The summed E-state index contributed by atoms with van der Waals surface area (Å²) in [6.45, 7) is 4.89. The van der Waals surface area contributed by atoms with E-state index in [1.165, 1.54) is 12.8 Å². The third-order valence-corrected chi connectivity index (χ3v) is 5.05. The molecule has 1 amide bonds. The number of morpholine rings is 1. The maximum absolute atomic E-state index is 12.7. The number of aromatic nitrogens is 2. The minimum Gasteiger partial charge on any atom is -0.371 e. The molecule has 1 aliphatic carbocycles. The topological polar surface area (TPSA) is 59.4 Å². The summed E-state index contributed by atoms with van der Waals surface area (Å²) in [6.07, 6.45) is 6.48. The standard InChI is InChI=1S/C16H24N4O2/c21-15(14-3-8-20(18-14)11-13-1-2-13)19-9-10-22-16(12-19)4-6-17-7-5-16/h3,8,13,17H,1-2,4-7,9-12H2. The van der Waals surface area contributed by atoms with Crippen LogP contribution in [0.2, 0.25) is 0 Å². The van der Waals surface area contributed by atoms with E-state index in [0.717, 1.165) is 38.4 Å². The monoisotopic (exact) mass is 304 g/mol. The Kier molecular flexibility index (Phi) is 3.66. The number of hydrogen-bond acceptors (Lipinski definition) is 4. The molecule has 0 unspecified atom stereocenters. The number of rotatable bonds is 3. The zero-order chi connectivity index (χ0) is 15.0. The van der Waals surface area contributed by atoms with Gasteiger partial charge in [-0.25, -0.2) is 0 Å². The minimum atomic E-state index is -0.143. The lowest BCUT2D eigenvalue weighted by molar-refractivity contribution is -0.114. The zero-order valence-electron chi connectivity index (χ0n) is 13.0. The van der Waals surface area contributed by atoms with Crippen LogP contribution in [0.5, 0.6) is 0 Å². The van der Waals surface area contributed by atoms with Gasteiger partial charge in [0, 0.05) is 19.3 Å². The summed E-state index contributed by atoms with van der Waals surface area (Å²) in [5.41, 5.74) is 0.432. The van der Waals surface area contributed by atoms with Crippen LogP contribution in [0.3, 0.4) is 0 Å². The van der Waals surface area contributed by atoms with Crippen LogP contribution in [0.15, 0.2) is 12.3 Å². The van der Waals surface area contributed by atoms with Gasteiger partial charge in [-0.05, 0) is 50.8 Å². The van der Waals surface area contributed by atoms with E-state index in [1.807, 2.05) is 21.8 Å². The Morgan fingerprint density at radius 1 is 1.41 bits per heavy atom. The predicted molar refractivity (Wildman–Crippen MR) is 81.6 cm³/mol. The Labute approximate surface area is 130 Å². The lowest BCUT2D eigenvalue weighted by Crippen LogP contribution is -2.57. The Morgan fingerprint density at radius 3 is 3.00 bits per heavy atom. The quantitative estimate of drug-likeness (QED) is 0.901. The predicted octanol–water partition coefficient (Wildman–Crippen LogP) is 0.888. The van der Waals surface area contributed by atoms with Gasteiger partial charge in [-0.15, -0.1) is 0 Å². The van der Waals surface area contributed by atoms with Crippen molar-refractivity contribution >= 4 is 5.91 Å². The van der Waals surface area contributed by atoms with E-state index >= 15 is 0 Å². The Hall–Kier alpha value is -1.40. The van der Waals surface area contributed by atoms with E-state index in [9.17, 15) is 4.79 Å². The highest BCUT2D eigenvalue weighted by Gasteiger charge is 2.39. The average molecular weight is 304 g/mol. The van der Waals surface area contributed by atoms with Crippen molar-refractivity contribution in [3.8, 4) is 0 Å². The fraction of sp³-hybridized carbons (Fsp3) is 0.750. The summed E-state index contributed by atoms with van der Waals surface area (Å²) in [5.74, 6) is 0.819. The van der Waals surface area contributed by atoms with E-state index < -0.39 is 0 Å². The van der Waals surface area contributed by atoms with E-state index in [4.69, 9.17) is 4.74 Å². The largest absolute Gasteiger partial charge is 0.371 e. The first-order chi connectivity index (χ1) is 10.7. The highest BCUT2D eigenvalue weighted by molar-refractivity contribution is 5.92. The third kappa shape index (κ3) is 2.90. The summed E-state index contributed by atoms with van der Waals surface area (Å²) in [6, 6.07) is 1.86. The second kappa shape index (κ2) is 5.66. The molecule has 120 valence electrons. The van der Waals surface area contributed by atoms with Gasteiger partial charge in [-0.1, -0.05) is 0 Å². The number of piperidine rings is 1. The van der Waals surface area contributed by atoms with Crippen molar-refractivity contribution in [2.75, 3.05) is 32.8 Å². The van der Waals surface area contributed by atoms with Crippen LogP contribution in [0.4, 0.5) is 0 Å². The molecule has 1 N–H and O–H groups in total. The lowest BCUT2D eigenvalue weighted by Gasteiger charge is -2.44. The third-order valence-electron chi connectivity index (χ3n) is 5.05. The average Bonchev–Trinajstić information content (AvgIpc) is 3.23. The van der Waals surface area contributed by atoms with Gasteiger partial charge in [0.1, 0.15) is 5.69 Å². The van der Waals surface area contributed by atoms with Gasteiger partial charge < -0.3 is 15.0 Å². The van der Waals surface area contributed by atoms with E-state index in [1.54, 1.807) is 0 Å². The number of ether oxygens (including phenoxy) is 1. The summed E-state index contributed by atoms with van der Waals surface area (Å²) >= 11 is 0. The van der Waals surface area contributed by atoms with Gasteiger partial charge in [0.25, 0.3) is 5.91 Å². The molecule has 0 radical (unpaired) electrons. The molecule has 0 aromatic carbocycles. The first kappa shape index (κ1) is 14.2. The van der Waals surface area contributed by atoms with Gasteiger partial charge >= 0.3 is 0 Å². The first-order valence-corrected chi connectivity index (χ1v) is 8.42. The molecule has 2 saturated heterocycles. The van der Waals surface area contributed by atoms with Gasteiger partial charge in [-0.2, -0.15) is 5.10 Å². The molecular formula is C16H24N4O2. The molecule has 3 heterocycles. The molecule has 1 saturated carbocycles. The van der Waals surface area contributed by atoms with Gasteiger partial charge in [0.2, 0.25) is 0 Å². The SMILES string of the molecule is O=C(c1ccn(CC2CC2)n1)N1CCOC2(CCNCC2)C1. The second-order valence-corrected chi connectivity index (χ2v) is 6.87. The zero-order valence-corrected chi connectivity index (χ0v) is 13.0. The van der Waals surface area contributed by atoms with Crippen LogP contribution in [-0.4, -0.2) is 59.0 Å². The Bertz CT molecular complexity index is 541. The molecule has 0 atom stereocenters. The van der Waals surface area contributed by atoms with Crippen LogP contribution in [0.25, 0.3) is 0 Å². The van der Waals surface area contributed by atoms with Crippen molar-refractivity contribution in [2.45, 2.75) is 37.8 Å². The molecule has 22 heavy (non-hydrogen) atoms. The maximum atomic E-state index is 12.7. The van der Waals surface area contributed by atoms with Crippen molar-refractivity contribution in [2.24, 2.45) is 5.92 Å². The number of amides is 1. The van der Waals surface area contributed by atoms with Crippen molar-refractivity contribution in [3.63, 3.8) is 0 Å². The molecule has 4 rings (SSSR count). The molecule has 1 aromatic heterocycles. The van der Waals surface area contributed by atoms with Crippen LogP contribution in [0, 0.1) is 5.92 Å². The maximum Gasteiger partial charge on any atom is 0.274 e. The fourth-order valence-corrected chi connectivity index (χ4v) is 3.51. The highest BCUT2D eigenvalue weighted by Crippen LogP contribution is 2.30. The van der Waals surface area contributed by atoms with E-state index in [-0.39, 0.29) is 11.5 Å². The summed E-state index contributed by atoms with van der Waals surface area (Å²) in [4.78, 5) is 14.6. The number of hydrogen-bond donors (Lipinski definition) is 1. The van der Waals surface area contributed by atoms with Crippen LogP contribution in [0.1, 0.15) is 36.2 Å². The molecule has 3 aliphatic rings. The molecule has 1 aromatic rings. The van der Waals surface area contributed by atoms with Crippen molar-refractivity contribution < 1.29 is 9.53 Å². The van der Waals surface area contributed by atoms with Crippen molar-refractivity contribution in [3.05, 3.63) is 18.0 Å². The van der Waals surface area contributed by atoms with Gasteiger partial charge in [-0.3, -0.25) is 9.48 Å². The summed E-state index contributed by atoms with van der Waals surface area (Å²) in [5, 5.41) is 7.83. The first-order valence-electron chi connectivity index (χ1n) is 8.42. The van der Waals surface area contributed by atoms with Crippen molar-refractivity contribution in [1.82, 2.24) is 20.0 Å². The summed E-state index contributed by atoms with van der Waals surface area (Å²) in [7, 11) is 0. The van der Waals surface area contributed by atoms with Crippen LogP contribution < -0.4 is 5.32 Å². The Balaban J connectivity index is 1.43. The van der Waals surface area contributed by atoms with E-state index in [0.29, 0.717) is 25.4 Å². The lowest BCUT2D eigenvalue weighted by atomic mass is 9.90. The molecule has 2 aliphatic heterocycles. The Morgan fingerprint density at radius 2 is 2.23 bits per heavy atom. The smallest absolute Gasteiger partial charge is 0.274 e. The number of nitrogens with zero attached hydrogens (tertiary/aromatic N) is 3. The highest BCUT2D eigenvalue weighted by atomic mass is 16.5. The molecule has 3 fully saturated rings. The normalized spacial score (nSPS) is 24.6. The molecular weight excluding hydrogens is 280 g/mol. The number of carbonyl (C=O) groups excluding carboxylic acids is 1. The second-order valence-electron chi connectivity index (χ2n) is 6.87. The molecule has 6 heteroatoms. The number of nitrogens with one attached hydrogen (secondary N) is 1. The number of carbonyl (C=O) groups is 1. The molecule has 0 bridgehead atoms. The van der Waals surface area contributed by atoms with E-state index in [2.05, 4.69) is 10.4 Å². The van der Waals surface area contributed by atoms with Gasteiger partial charge in [0.15, 0.2) is 0 Å². The summed E-state index contributed by atoms with van der Waals surface area (Å²) < 4.78 is 7.95.